The van der Waals surface area contributed by atoms with Gasteiger partial charge in [0.05, 0.1) is 5.56 Å². The Bertz CT molecular complexity index is 833. The molecule has 5 heteroatoms. The molecule has 21 heavy (non-hydrogen) atoms. The molecular weight excluding hydrogens is 282 g/mol. The lowest BCUT2D eigenvalue weighted by atomic mass is 10.1. The zero-order valence-corrected chi connectivity index (χ0v) is 12.2. The molecule has 3 aromatic rings. The summed E-state index contributed by atoms with van der Waals surface area (Å²) in [6, 6.07) is 7.73. The number of amides is 1. The van der Waals surface area contributed by atoms with Crippen LogP contribution in [0.25, 0.3) is 10.9 Å². The minimum absolute atomic E-state index is 0.0860. The van der Waals surface area contributed by atoms with Crippen LogP contribution in [-0.4, -0.2) is 22.3 Å². The lowest BCUT2D eigenvalue weighted by Gasteiger charge is -2.26. The van der Waals surface area contributed by atoms with Gasteiger partial charge in [0.1, 0.15) is 0 Å². The summed E-state index contributed by atoms with van der Waals surface area (Å²) in [5.41, 5.74) is 9.39. The van der Waals surface area contributed by atoms with Crippen molar-refractivity contribution < 1.29 is 4.79 Å². The molecular formula is C16H15N3OS. The summed E-state index contributed by atoms with van der Waals surface area (Å²) in [6.07, 6.45) is 2.74. The van der Waals surface area contributed by atoms with Gasteiger partial charge in [0.25, 0.3) is 5.91 Å². The fourth-order valence-corrected chi connectivity index (χ4v) is 3.80. The topological polar surface area (TPSA) is 62.1 Å². The first-order valence-electron chi connectivity index (χ1n) is 6.93. The molecule has 1 aliphatic rings. The Morgan fingerprint density at radius 2 is 2.24 bits per heavy atom. The second kappa shape index (κ2) is 4.63. The SMILES string of the molecule is Nc1ccc2c(C(=O)N3CCc4sccc4C3)c[nH]c2c1. The van der Waals surface area contributed by atoms with E-state index in [0.717, 1.165) is 29.4 Å². The number of carbonyl (C=O) groups excluding carboxylic acids is 1. The molecule has 1 aliphatic heterocycles. The zero-order chi connectivity index (χ0) is 14.4. The van der Waals surface area contributed by atoms with Crippen LogP contribution in [0, 0.1) is 0 Å². The number of aromatic amines is 1. The Morgan fingerprint density at radius 3 is 3.14 bits per heavy atom. The van der Waals surface area contributed by atoms with E-state index in [4.69, 9.17) is 5.73 Å². The molecule has 1 amide bonds. The number of H-pyrrole nitrogens is 1. The predicted octanol–water partition coefficient (Wildman–Crippen LogP) is 3.01. The molecule has 4 rings (SSSR count). The maximum absolute atomic E-state index is 12.8. The van der Waals surface area contributed by atoms with Crippen LogP contribution in [0.4, 0.5) is 5.69 Å². The first-order chi connectivity index (χ1) is 10.2. The van der Waals surface area contributed by atoms with Crippen LogP contribution in [-0.2, 0) is 13.0 Å². The van der Waals surface area contributed by atoms with Gasteiger partial charge < -0.3 is 15.6 Å². The van der Waals surface area contributed by atoms with Gasteiger partial charge in [-0.2, -0.15) is 0 Å². The molecule has 3 heterocycles. The third-order valence-corrected chi connectivity index (χ3v) is 5.05. The number of nitrogens with one attached hydrogen (secondary N) is 1. The zero-order valence-electron chi connectivity index (χ0n) is 11.4. The highest BCUT2D eigenvalue weighted by Gasteiger charge is 2.24. The number of anilines is 1. The van der Waals surface area contributed by atoms with E-state index >= 15 is 0 Å². The smallest absolute Gasteiger partial charge is 0.256 e. The van der Waals surface area contributed by atoms with Gasteiger partial charge in [0, 0.05) is 40.8 Å². The number of rotatable bonds is 1. The van der Waals surface area contributed by atoms with Crippen molar-refractivity contribution in [3.8, 4) is 0 Å². The van der Waals surface area contributed by atoms with Crippen molar-refractivity contribution in [2.75, 3.05) is 12.3 Å². The molecule has 0 unspecified atom stereocenters. The molecule has 0 bridgehead atoms. The molecule has 106 valence electrons. The van der Waals surface area contributed by atoms with Crippen LogP contribution >= 0.6 is 11.3 Å². The number of hydrogen-bond donors (Lipinski definition) is 2. The second-order valence-corrected chi connectivity index (χ2v) is 6.35. The van der Waals surface area contributed by atoms with Crippen LogP contribution < -0.4 is 5.73 Å². The largest absolute Gasteiger partial charge is 0.399 e. The lowest BCUT2D eigenvalue weighted by Crippen LogP contribution is -2.35. The summed E-state index contributed by atoms with van der Waals surface area (Å²) >= 11 is 1.78. The highest BCUT2D eigenvalue weighted by Crippen LogP contribution is 2.27. The van der Waals surface area contributed by atoms with Crippen molar-refractivity contribution in [1.82, 2.24) is 9.88 Å². The standard InChI is InChI=1S/C16H15N3OS/c17-11-1-2-12-13(8-18-14(12)7-11)16(20)19-5-3-15-10(9-19)4-6-21-15/h1-2,4,6-8,18H,3,5,9,17H2. The Hall–Kier alpha value is -2.27. The van der Waals surface area contributed by atoms with Crippen LogP contribution in [0.15, 0.2) is 35.8 Å². The number of nitrogens with two attached hydrogens (primary N) is 1. The van der Waals surface area contributed by atoms with Crippen LogP contribution in [0.3, 0.4) is 0 Å². The number of benzene rings is 1. The summed E-state index contributed by atoms with van der Waals surface area (Å²) in [7, 11) is 0. The van der Waals surface area contributed by atoms with Gasteiger partial charge in [-0.15, -0.1) is 11.3 Å². The van der Waals surface area contributed by atoms with Gasteiger partial charge in [-0.05, 0) is 41.6 Å². The van der Waals surface area contributed by atoms with Crippen LogP contribution in [0.5, 0.6) is 0 Å². The van der Waals surface area contributed by atoms with Gasteiger partial charge in [-0.25, -0.2) is 0 Å². The van der Waals surface area contributed by atoms with Crippen molar-refractivity contribution in [3.63, 3.8) is 0 Å². The number of nitrogen functional groups attached to an aromatic ring is 1. The number of nitrogens with zero attached hydrogens (tertiary/aromatic N) is 1. The first-order valence-corrected chi connectivity index (χ1v) is 7.81. The van der Waals surface area contributed by atoms with Crippen molar-refractivity contribution in [2.45, 2.75) is 13.0 Å². The van der Waals surface area contributed by atoms with E-state index in [0.29, 0.717) is 12.2 Å². The molecule has 0 saturated carbocycles. The van der Waals surface area contributed by atoms with E-state index in [2.05, 4.69) is 16.4 Å². The van der Waals surface area contributed by atoms with Crippen molar-refractivity contribution in [2.24, 2.45) is 0 Å². The molecule has 0 spiro atoms. The molecule has 0 fully saturated rings. The van der Waals surface area contributed by atoms with E-state index in [-0.39, 0.29) is 5.91 Å². The number of hydrogen-bond acceptors (Lipinski definition) is 3. The van der Waals surface area contributed by atoms with E-state index in [1.807, 2.05) is 23.1 Å². The highest BCUT2D eigenvalue weighted by atomic mass is 32.1. The third-order valence-electron chi connectivity index (χ3n) is 4.03. The lowest BCUT2D eigenvalue weighted by molar-refractivity contribution is 0.0738. The summed E-state index contributed by atoms with van der Waals surface area (Å²) in [5, 5.41) is 3.04. The van der Waals surface area contributed by atoms with Gasteiger partial charge >= 0.3 is 0 Å². The van der Waals surface area contributed by atoms with Crippen LogP contribution in [0.1, 0.15) is 20.8 Å². The summed E-state index contributed by atoms with van der Waals surface area (Å²) in [6.45, 7) is 1.49. The summed E-state index contributed by atoms with van der Waals surface area (Å²) in [5.74, 6) is 0.0860. The van der Waals surface area contributed by atoms with E-state index in [1.54, 1.807) is 17.5 Å². The van der Waals surface area contributed by atoms with E-state index in [9.17, 15) is 4.79 Å². The number of fused-ring (bicyclic) bond motifs is 2. The van der Waals surface area contributed by atoms with Gasteiger partial charge in [0.2, 0.25) is 0 Å². The number of carbonyl (C=O) groups is 1. The van der Waals surface area contributed by atoms with Gasteiger partial charge in [-0.1, -0.05) is 0 Å². The Balaban J connectivity index is 1.68. The normalized spacial score (nSPS) is 14.4. The average molecular weight is 297 g/mol. The van der Waals surface area contributed by atoms with Crippen molar-refractivity contribution >= 4 is 33.8 Å². The maximum Gasteiger partial charge on any atom is 0.256 e. The van der Waals surface area contributed by atoms with E-state index in [1.165, 1.54) is 10.4 Å². The molecule has 0 saturated heterocycles. The maximum atomic E-state index is 12.8. The number of thiophene rings is 1. The molecule has 3 N–H and O–H groups in total. The van der Waals surface area contributed by atoms with Crippen molar-refractivity contribution in [1.29, 1.82) is 0 Å². The van der Waals surface area contributed by atoms with Crippen molar-refractivity contribution in [3.05, 3.63) is 51.8 Å². The predicted molar refractivity (Wildman–Crippen MR) is 85.5 cm³/mol. The fourth-order valence-electron chi connectivity index (χ4n) is 2.91. The first kappa shape index (κ1) is 12.5. The molecule has 4 nitrogen and oxygen atoms in total. The Morgan fingerprint density at radius 1 is 1.33 bits per heavy atom. The van der Waals surface area contributed by atoms with Crippen LogP contribution in [0.2, 0.25) is 0 Å². The Labute approximate surface area is 126 Å². The fraction of sp³-hybridized carbons (Fsp3) is 0.188. The average Bonchev–Trinajstić information content (AvgIpc) is 3.11. The quantitative estimate of drug-likeness (QED) is 0.678. The molecule has 2 aromatic heterocycles. The molecule has 0 atom stereocenters. The van der Waals surface area contributed by atoms with Gasteiger partial charge in [0.15, 0.2) is 0 Å². The van der Waals surface area contributed by atoms with Gasteiger partial charge in [-0.3, -0.25) is 4.79 Å². The summed E-state index contributed by atoms with van der Waals surface area (Å²) in [4.78, 5) is 19.2. The number of aromatic nitrogens is 1. The Kier molecular flexibility index (Phi) is 2.75. The monoisotopic (exact) mass is 297 g/mol. The highest BCUT2D eigenvalue weighted by molar-refractivity contribution is 7.10. The second-order valence-electron chi connectivity index (χ2n) is 5.35. The summed E-state index contributed by atoms with van der Waals surface area (Å²) < 4.78 is 0. The molecule has 0 radical (unpaired) electrons. The molecule has 0 aliphatic carbocycles. The minimum Gasteiger partial charge on any atom is -0.399 e. The third kappa shape index (κ3) is 2.01. The molecule has 1 aromatic carbocycles. The minimum atomic E-state index is 0.0860. The van der Waals surface area contributed by atoms with E-state index < -0.39 is 0 Å².